The summed E-state index contributed by atoms with van der Waals surface area (Å²) in [4.78, 5) is 48.8. The average Bonchev–Trinajstić information content (AvgIpc) is 2.89. The predicted octanol–water partition coefficient (Wildman–Crippen LogP) is 0.564. The van der Waals surface area contributed by atoms with E-state index in [1.807, 2.05) is 13.8 Å². The second-order valence-electron chi connectivity index (χ2n) is 6.64. The van der Waals surface area contributed by atoms with Gasteiger partial charge in [0.2, 0.25) is 5.91 Å². The third kappa shape index (κ3) is 4.04. The number of β-lactam (4-membered cyclic amide) rings is 1. The smallest absolute Gasteiger partial charge is 0.352 e. The third-order valence-electron chi connectivity index (χ3n) is 4.60. The van der Waals surface area contributed by atoms with Crippen LogP contribution in [0.4, 0.5) is 0 Å². The van der Waals surface area contributed by atoms with Crippen molar-refractivity contribution in [3.05, 3.63) is 27.1 Å². The number of carboxylic acid groups (broad SMARTS) is 1. The molecule has 2 amide bonds. The highest BCUT2D eigenvalue weighted by Gasteiger charge is 2.54. The standard InChI is InChI=1S/C17H19BrN4O6S/c1-7-12(18)8(2)21(20-7)4-11(24)19-13-15(25)22-14(17(26)27)10(5-28-9(3)23)6-29-16(13)22/h13,16H,4-6H2,1-3H3,(H,19,24)(H,26,27)/t13-,16-/m0/s1. The first-order valence-electron chi connectivity index (χ1n) is 8.64. The van der Waals surface area contributed by atoms with Crippen molar-refractivity contribution in [2.45, 2.75) is 38.7 Å². The van der Waals surface area contributed by atoms with Crippen molar-refractivity contribution in [3.8, 4) is 0 Å². The van der Waals surface area contributed by atoms with E-state index in [9.17, 15) is 24.3 Å². The van der Waals surface area contributed by atoms with Gasteiger partial charge in [-0.05, 0) is 29.8 Å². The largest absolute Gasteiger partial charge is 0.477 e. The molecule has 2 atom stereocenters. The van der Waals surface area contributed by atoms with Crippen LogP contribution in [0.1, 0.15) is 18.3 Å². The first-order chi connectivity index (χ1) is 13.6. The molecule has 0 saturated carbocycles. The molecule has 1 aromatic rings. The number of aryl methyl sites for hydroxylation is 1. The first-order valence-corrected chi connectivity index (χ1v) is 10.5. The number of nitrogens with zero attached hydrogens (tertiary/aromatic N) is 3. The molecule has 3 heterocycles. The van der Waals surface area contributed by atoms with Crippen molar-refractivity contribution in [3.63, 3.8) is 0 Å². The molecule has 0 radical (unpaired) electrons. The van der Waals surface area contributed by atoms with Crippen LogP contribution in [0.3, 0.4) is 0 Å². The molecule has 1 fully saturated rings. The maximum Gasteiger partial charge on any atom is 0.352 e. The molecule has 2 aliphatic rings. The molecular weight excluding hydrogens is 468 g/mol. The monoisotopic (exact) mass is 486 g/mol. The van der Waals surface area contributed by atoms with E-state index in [-0.39, 0.29) is 24.6 Å². The Morgan fingerprint density at radius 1 is 1.38 bits per heavy atom. The highest BCUT2D eigenvalue weighted by Crippen LogP contribution is 2.40. The van der Waals surface area contributed by atoms with E-state index in [0.717, 1.165) is 20.8 Å². The van der Waals surface area contributed by atoms with Crippen LogP contribution in [-0.4, -0.2) is 67.3 Å². The summed E-state index contributed by atoms with van der Waals surface area (Å²) in [6.45, 7) is 4.61. The number of thioether (sulfide) groups is 1. The molecule has 3 rings (SSSR count). The number of hydrogen-bond acceptors (Lipinski definition) is 7. The van der Waals surface area contributed by atoms with Crippen LogP contribution in [0.25, 0.3) is 0 Å². The molecule has 12 heteroatoms. The Labute approximate surface area is 178 Å². The minimum Gasteiger partial charge on any atom is -0.477 e. The second-order valence-corrected chi connectivity index (χ2v) is 8.53. The van der Waals surface area contributed by atoms with Gasteiger partial charge >= 0.3 is 11.9 Å². The molecular formula is C17H19BrN4O6S. The summed E-state index contributed by atoms with van der Waals surface area (Å²) < 4.78 is 7.24. The van der Waals surface area contributed by atoms with E-state index in [2.05, 4.69) is 26.3 Å². The second kappa shape index (κ2) is 8.19. The Hall–Kier alpha value is -2.34. The summed E-state index contributed by atoms with van der Waals surface area (Å²) in [6, 6.07) is -0.822. The van der Waals surface area contributed by atoms with E-state index in [0.29, 0.717) is 5.57 Å². The normalized spacial score (nSPS) is 20.8. The number of esters is 1. The van der Waals surface area contributed by atoms with Gasteiger partial charge in [0.1, 0.15) is 30.3 Å². The fourth-order valence-corrected chi connectivity index (χ4v) is 4.78. The van der Waals surface area contributed by atoms with Gasteiger partial charge in [0, 0.05) is 18.2 Å². The summed E-state index contributed by atoms with van der Waals surface area (Å²) in [5, 5.41) is 15.9. The van der Waals surface area contributed by atoms with E-state index in [4.69, 9.17) is 4.74 Å². The lowest BCUT2D eigenvalue weighted by Crippen LogP contribution is -2.70. The first kappa shape index (κ1) is 21.4. The molecule has 0 aromatic carbocycles. The number of hydrogen-bond donors (Lipinski definition) is 2. The number of ether oxygens (including phenoxy) is 1. The fraction of sp³-hybridized carbons (Fsp3) is 0.471. The third-order valence-corrected chi connectivity index (χ3v) is 7.09. The van der Waals surface area contributed by atoms with Gasteiger partial charge in [-0.1, -0.05) is 0 Å². The van der Waals surface area contributed by atoms with Crippen LogP contribution in [-0.2, 0) is 30.5 Å². The predicted molar refractivity (Wildman–Crippen MR) is 106 cm³/mol. The zero-order valence-electron chi connectivity index (χ0n) is 15.9. The zero-order chi connectivity index (χ0) is 21.5. The topological polar surface area (TPSA) is 131 Å². The number of rotatable bonds is 6. The van der Waals surface area contributed by atoms with Crippen molar-refractivity contribution in [2.24, 2.45) is 0 Å². The number of aromatic nitrogens is 2. The van der Waals surface area contributed by atoms with Crippen molar-refractivity contribution >= 4 is 51.4 Å². The van der Waals surface area contributed by atoms with Crippen LogP contribution < -0.4 is 5.32 Å². The number of carboxylic acids is 1. The van der Waals surface area contributed by atoms with Gasteiger partial charge in [-0.25, -0.2) is 4.79 Å². The molecule has 1 saturated heterocycles. The Morgan fingerprint density at radius 2 is 2.07 bits per heavy atom. The maximum absolute atomic E-state index is 12.6. The van der Waals surface area contributed by atoms with Crippen LogP contribution in [0, 0.1) is 13.8 Å². The van der Waals surface area contributed by atoms with E-state index >= 15 is 0 Å². The molecule has 0 bridgehead atoms. The van der Waals surface area contributed by atoms with E-state index < -0.39 is 35.2 Å². The van der Waals surface area contributed by atoms with Crippen LogP contribution in [0.15, 0.2) is 15.7 Å². The summed E-state index contributed by atoms with van der Waals surface area (Å²) >= 11 is 4.71. The Kier molecular flexibility index (Phi) is 6.03. The average molecular weight is 487 g/mol. The fourth-order valence-electron chi connectivity index (χ4n) is 3.17. The van der Waals surface area contributed by atoms with Gasteiger partial charge in [0.05, 0.1) is 15.9 Å². The van der Waals surface area contributed by atoms with Gasteiger partial charge in [-0.2, -0.15) is 5.10 Å². The number of carbonyl (C=O) groups is 4. The molecule has 156 valence electrons. The van der Waals surface area contributed by atoms with Gasteiger partial charge in [-0.3, -0.25) is 24.0 Å². The summed E-state index contributed by atoms with van der Waals surface area (Å²) in [7, 11) is 0. The molecule has 0 unspecified atom stereocenters. The van der Waals surface area contributed by atoms with Crippen LogP contribution >= 0.6 is 27.7 Å². The lowest BCUT2D eigenvalue weighted by molar-refractivity contribution is -0.151. The quantitative estimate of drug-likeness (QED) is 0.440. The number of amides is 2. The van der Waals surface area contributed by atoms with Crippen LogP contribution in [0.5, 0.6) is 0 Å². The number of aliphatic carboxylic acids is 1. The SMILES string of the molecule is CC(=O)OCC1=C(C(=O)O)N2C(=O)[C@H](NC(=O)Cn3nc(C)c(Br)c3C)[C@@H]2SC1. The van der Waals surface area contributed by atoms with Gasteiger partial charge in [-0.15, -0.1) is 11.8 Å². The molecule has 2 N–H and O–H groups in total. The molecule has 0 spiro atoms. The minimum absolute atomic E-state index is 0.0568. The number of halogens is 1. The molecule has 0 aliphatic carbocycles. The molecule has 1 aromatic heterocycles. The van der Waals surface area contributed by atoms with Crippen molar-refractivity contribution in [1.29, 1.82) is 0 Å². The highest BCUT2D eigenvalue weighted by atomic mass is 79.9. The van der Waals surface area contributed by atoms with Crippen molar-refractivity contribution < 1.29 is 29.0 Å². The lowest BCUT2D eigenvalue weighted by atomic mass is 10.0. The van der Waals surface area contributed by atoms with Gasteiger partial charge in [0.15, 0.2) is 0 Å². The summed E-state index contributed by atoms with van der Waals surface area (Å²) in [6.07, 6.45) is 0. The minimum atomic E-state index is -1.27. The number of fused-ring (bicyclic) bond motifs is 1. The number of nitrogens with one attached hydrogen (secondary N) is 1. The van der Waals surface area contributed by atoms with Crippen molar-refractivity contribution in [1.82, 2.24) is 20.0 Å². The summed E-state index contributed by atoms with van der Waals surface area (Å²) in [5.41, 5.74) is 1.70. The zero-order valence-corrected chi connectivity index (χ0v) is 18.3. The van der Waals surface area contributed by atoms with Gasteiger partial charge in [0.25, 0.3) is 5.91 Å². The Bertz CT molecular complexity index is 943. The van der Waals surface area contributed by atoms with E-state index in [1.54, 1.807) is 0 Å². The highest BCUT2D eigenvalue weighted by molar-refractivity contribution is 9.10. The van der Waals surface area contributed by atoms with E-state index in [1.165, 1.54) is 23.4 Å². The number of carbonyl (C=O) groups excluding carboxylic acids is 3. The van der Waals surface area contributed by atoms with Crippen molar-refractivity contribution in [2.75, 3.05) is 12.4 Å². The Balaban J connectivity index is 1.70. The summed E-state index contributed by atoms with van der Waals surface area (Å²) in [5.74, 6) is -2.44. The molecule has 29 heavy (non-hydrogen) atoms. The Morgan fingerprint density at radius 3 is 2.62 bits per heavy atom. The maximum atomic E-state index is 12.6. The van der Waals surface area contributed by atoms with Crippen LogP contribution in [0.2, 0.25) is 0 Å². The molecule has 10 nitrogen and oxygen atoms in total. The molecule has 2 aliphatic heterocycles. The lowest BCUT2D eigenvalue weighted by Gasteiger charge is -2.49. The van der Waals surface area contributed by atoms with Gasteiger partial charge < -0.3 is 15.2 Å².